The van der Waals surface area contributed by atoms with Gasteiger partial charge in [-0.3, -0.25) is 9.13 Å². The summed E-state index contributed by atoms with van der Waals surface area (Å²) in [5.41, 5.74) is 15.7. The number of hydrogen-bond donors (Lipinski definition) is 0. The second-order valence-electron chi connectivity index (χ2n) is 18.6. The van der Waals surface area contributed by atoms with E-state index in [0.717, 1.165) is 72.9 Å². The molecular weight excluding hydrogens is 807 g/mol. The molecule has 0 aliphatic rings. The van der Waals surface area contributed by atoms with Gasteiger partial charge in [0, 0.05) is 39.2 Å². The van der Waals surface area contributed by atoms with Crippen LogP contribution in [0.2, 0.25) is 0 Å². The van der Waals surface area contributed by atoms with Gasteiger partial charge in [-0.2, -0.15) is 0 Å². The van der Waals surface area contributed by atoms with Gasteiger partial charge in [0.25, 0.3) is 0 Å². The molecule has 0 fully saturated rings. The lowest BCUT2D eigenvalue weighted by atomic mass is 9.94. The molecule has 0 aliphatic heterocycles. The van der Waals surface area contributed by atoms with Gasteiger partial charge in [-0.15, -0.1) is 0 Å². The highest BCUT2D eigenvalue weighted by atomic mass is 15.1. The van der Waals surface area contributed by atoms with Crippen molar-refractivity contribution in [3.8, 4) is 68.3 Å². The van der Waals surface area contributed by atoms with Crippen molar-refractivity contribution in [1.29, 1.82) is 0 Å². The zero-order valence-corrected chi connectivity index (χ0v) is 39.0. The minimum Gasteiger partial charge on any atom is -0.292 e. The number of aromatic nitrogens is 7. The second-order valence-corrected chi connectivity index (χ2v) is 18.6. The molecule has 0 spiro atoms. The SMILES string of the molecule is CC(C)c1cc(C(C)C)cc(-n2c(-c3ccccc3-c3nc(-c4ccccc4)nc(-c4ccccc4-c4nc5ccccc5n4-c4cc(C(C)C)cc(C(C)C)c4)n3)nc3ccccc32)c1. The average molecular weight is 862 g/mol. The summed E-state index contributed by atoms with van der Waals surface area (Å²) in [6.45, 7) is 18.1. The molecule has 7 heteroatoms. The highest BCUT2D eigenvalue weighted by molar-refractivity contribution is 5.90. The Hall–Kier alpha value is -7.51. The van der Waals surface area contributed by atoms with Gasteiger partial charge in [0.2, 0.25) is 0 Å². The van der Waals surface area contributed by atoms with Crippen molar-refractivity contribution in [2.75, 3.05) is 0 Å². The van der Waals surface area contributed by atoms with E-state index in [1.165, 1.54) is 22.3 Å². The van der Waals surface area contributed by atoms with Gasteiger partial charge >= 0.3 is 0 Å². The Bertz CT molecular complexity index is 3130. The predicted octanol–water partition coefficient (Wildman–Crippen LogP) is 15.4. The number of para-hydroxylation sites is 4. The third-order valence-corrected chi connectivity index (χ3v) is 12.7. The van der Waals surface area contributed by atoms with Crippen LogP contribution in [0.25, 0.3) is 90.4 Å². The van der Waals surface area contributed by atoms with Crippen molar-refractivity contribution in [2.24, 2.45) is 0 Å². The summed E-state index contributed by atoms with van der Waals surface area (Å²) >= 11 is 0. The quantitative estimate of drug-likeness (QED) is 0.129. The minimum atomic E-state index is 0.357. The fourth-order valence-corrected chi connectivity index (χ4v) is 8.92. The topological polar surface area (TPSA) is 74.3 Å². The molecule has 0 bridgehead atoms. The van der Waals surface area contributed by atoms with Gasteiger partial charge in [0.05, 0.1) is 22.1 Å². The molecule has 0 atom stereocenters. The first-order chi connectivity index (χ1) is 32.0. The van der Waals surface area contributed by atoms with E-state index in [-0.39, 0.29) is 0 Å². The molecule has 0 saturated heterocycles. The molecule has 0 saturated carbocycles. The van der Waals surface area contributed by atoms with E-state index >= 15 is 0 Å². The highest BCUT2D eigenvalue weighted by Crippen LogP contribution is 2.40. The number of fused-ring (bicyclic) bond motifs is 2. The summed E-state index contributed by atoms with van der Waals surface area (Å²) in [4.78, 5) is 26.8. The maximum absolute atomic E-state index is 5.44. The fraction of sp³-hybridized carbons (Fsp3) is 0.203. The second kappa shape index (κ2) is 17.5. The van der Waals surface area contributed by atoms with E-state index in [4.69, 9.17) is 24.9 Å². The van der Waals surface area contributed by atoms with Crippen molar-refractivity contribution in [1.82, 2.24) is 34.1 Å². The van der Waals surface area contributed by atoms with Crippen LogP contribution < -0.4 is 0 Å². The molecule has 0 N–H and O–H groups in total. The van der Waals surface area contributed by atoms with E-state index in [9.17, 15) is 0 Å². The van der Waals surface area contributed by atoms with Crippen molar-refractivity contribution in [3.63, 3.8) is 0 Å². The van der Waals surface area contributed by atoms with Crippen molar-refractivity contribution in [2.45, 2.75) is 79.1 Å². The van der Waals surface area contributed by atoms with Crippen LogP contribution in [0.1, 0.15) is 101 Å². The number of imidazole rings is 2. The third kappa shape index (κ3) is 7.89. The molecule has 3 aromatic heterocycles. The monoisotopic (exact) mass is 861 g/mol. The van der Waals surface area contributed by atoms with Crippen LogP contribution in [-0.4, -0.2) is 34.1 Å². The first-order valence-corrected chi connectivity index (χ1v) is 23.3. The van der Waals surface area contributed by atoms with E-state index in [1.54, 1.807) is 0 Å². The van der Waals surface area contributed by atoms with Crippen LogP contribution in [0, 0.1) is 0 Å². The first-order valence-electron chi connectivity index (χ1n) is 23.3. The summed E-state index contributed by atoms with van der Waals surface area (Å²) in [5.74, 6) is 4.77. The molecule has 66 heavy (non-hydrogen) atoms. The minimum absolute atomic E-state index is 0.357. The first kappa shape index (κ1) is 42.4. The molecular formula is C59H55N7. The Labute approximate surface area is 388 Å². The molecule has 7 nitrogen and oxygen atoms in total. The number of rotatable bonds is 11. The van der Waals surface area contributed by atoms with Crippen LogP contribution in [0.15, 0.2) is 164 Å². The summed E-state index contributed by atoms with van der Waals surface area (Å²) in [7, 11) is 0. The highest BCUT2D eigenvalue weighted by Gasteiger charge is 2.25. The summed E-state index contributed by atoms with van der Waals surface area (Å²) < 4.78 is 4.62. The molecule has 0 amide bonds. The molecule has 0 unspecified atom stereocenters. The Morgan fingerprint density at radius 1 is 0.318 bits per heavy atom. The molecule has 7 aromatic carbocycles. The number of nitrogens with zero attached hydrogens (tertiary/aromatic N) is 7. The number of hydrogen-bond acceptors (Lipinski definition) is 5. The van der Waals surface area contributed by atoms with Gasteiger partial charge in [0.15, 0.2) is 17.5 Å². The van der Waals surface area contributed by atoms with Gasteiger partial charge in [-0.1, -0.05) is 171 Å². The van der Waals surface area contributed by atoms with Crippen LogP contribution in [0.3, 0.4) is 0 Å². The average Bonchev–Trinajstić information content (AvgIpc) is 3.93. The lowest BCUT2D eigenvalue weighted by Gasteiger charge is -2.18. The number of benzene rings is 7. The lowest BCUT2D eigenvalue weighted by Crippen LogP contribution is -2.05. The largest absolute Gasteiger partial charge is 0.292 e. The molecule has 326 valence electrons. The van der Waals surface area contributed by atoms with Gasteiger partial charge in [-0.25, -0.2) is 24.9 Å². The maximum atomic E-state index is 5.44. The smallest absolute Gasteiger partial charge is 0.164 e. The van der Waals surface area contributed by atoms with Gasteiger partial charge < -0.3 is 0 Å². The van der Waals surface area contributed by atoms with E-state index in [2.05, 4.69) is 210 Å². The zero-order valence-electron chi connectivity index (χ0n) is 39.0. The lowest BCUT2D eigenvalue weighted by molar-refractivity contribution is 0.829. The Morgan fingerprint density at radius 2 is 0.652 bits per heavy atom. The summed E-state index contributed by atoms with van der Waals surface area (Å²) in [6.07, 6.45) is 0. The maximum Gasteiger partial charge on any atom is 0.164 e. The van der Waals surface area contributed by atoms with E-state index < -0.39 is 0 Å². The Morgan fingerprint density at radius 3 is 1.05 bits per heavy atom. The molecule has 10 rings (SSSR count). The Balaban J connectivity index is 1.21. The molecule has 0 radical (unpaired) electrons. The molecule has 3 heterocycles. The van der Waals surface area contributed by atoms with Crippen molar-refractivity contribution >= 4 is 22.1 Å². The zero-order chi connectivity index (χ0) is 45.6. The fourth-order valence-electron chi connectivity index (χ4n) is 8.92. The Kier molecular flexibility index (Phi) is 11.2. The van der Waals surface area contributed by atoms with Crippen molar-refractivity contribution < 1.29 is 0 Å². The third-order valence-electron chi connectivity index (χ3n) is 12.7. The normalized spacial score (nSPS) is 11.9. The van der Waals surface area contributed by atoms with Crippen molar-refractivity contribution in [3.05, 3.63) is 186 Å². The standard InChI is InChI=1S/C59H55N7/c1-36(2)41-30-42(37(3)4)33-45(32-41)65-53-28-18-16-26-51(53)60-58(65)49-24-14-12-22-47(49)56-62-55(40-20-10-9-11-21-40)63-57(64-56)48-23-13-15-25-50(48)59-61-52-27-17-19-29-54(52)66(59)46-34-43(38(5)6)31-44(35-46)39(7)8/h9-39H,1-8H3. The molecule has 10 aromatic rings. The summed E-state index contributed by atoms with van der Waals surface area (Å²) in [6, 6.07) is 57.7. The molecule has 0 aliphatic carbocycles. The van der Waals surface area contributed by atoms with Crippen LogP contribution in [0.5, 0.6) is 0 Å². The van der Waals surface area contributed by atoms with Gasteiger partial charge in [0.1, 0.15) is 11.6 Å². The van der Waals surface area contributed by atoms with Crippen LogP contribution >= 0.6 is 0 Å². The van der Waals surface area contributed by atoms with E-state index in [1.807, 2.05) is 18.2 Å². The predicted molar refractivity (Wildman–Crippen MR) is 273 cm³/mol. The summed E-state index contributed by atoms with van der Waals surface area (Å²) in [5, 5.41) is 0. The van der Waals surface area contributed by atoms with E-state index in [0.29, 0.717) is 41.1 Å². The van der Waals surface area contributed by atoms with Gasteiger partial charge in [-0.05, 0) is 94.5 Å². The van der Waals surface area contributed by atoms with Crippen LogP contribution in [-0.2, 0) is 0 Å². The van der Waals surface area contributed by atoms with Crippen LogP contribution in [0.4, 0.5) is 0 Å².